The van der Waals surface area contributed by atoms with Gasteiger partial charge in [0.1, 0.15) is 0 Å². The van der Waals surface area contributed by atoms with Crippen molar-refractivity contribution >= 4 is 61.9 Å². The molecular formula is C20H22IN5O2. The Kier molecular flexibility index (Phi) is 5.24. The van der Waals surface area contributed by atoms with Crippen LogP contribution in [0.4, 0.5) is 5.69 Å². The van der Waals surface area contributed by atoms with Gasteiger partial charge in [-0.25, -0.2) is 0 Å². The summed E-state index contributed by atoms with van der Waals surface area (Å²) in [6, 6.07) is 6.00. The molecule has 1 aromatic carbocycles. The Morgan fingerprint density at radius 2 is 2.21 bits per heavy atom. The smallest absolute Gasteiger partial charge is 0.229 e. The molecule has 7 nitrogen and oxygen atoms in total. The van der Waals surface area contributed by atoms with Crippen LogP contribution in [0, 0.1) is 9.49 Å². The number of halogens is 1. The van der Waals surface area contributed by atoms with Crippen LogP contribution in [0.1, 0.15) is 6.42 Å². The van der Waals surface area contributed by atoms with E-state index in [2.05, 4.69) is 43.9 Å². The van der Waals surface area contributed by atoms with Crippen molar-refractivity contribution in [3.05, 3.63) is 34.2 Å². The summed E-state index contributed by atoms with van der Waals surface area (Å²) in [5.74, 6) is -0.388. The minimum absolute atomic E-state index is 0.0477. The van der Waals surface area contributed by atoms with Crippen molar-refractivity contribution in [1.29, 1.82) is 0 Å². The zero-order valence-electron chi connectivity index (χ0n) is 15.8. The molecule has 0 radical (unpaired) electrons. The maximum Gasteiger partial charge on any atom is 0.229 e. The van der Waals surface area contributed by atoms with Gasteiger partial charge in [0.15, 0.2) is 0 Å². The van der Waals surface area contributed by atoms with Crippen molar-refractivity contribution in [2.45, 2.75) is 6.42 Å². The third-order valence-electron chi connectivity index (χ3n) is 5.13. The minimum Gasteiger partial charge on any atom is -0.352 e. The number of hydrogen-bond donors (Lipinski definition) is 2. The fourth-order valence-electron chi connectivity index (χ4n) is 3.64. The normalized spacial score (nSPS) is 17.2. The number of amides is 2. The molecule has 146 valence electrons. The van der Waals surface area contributed by atoms with Crippen molar-refractivity contribution in [2.75, 3.05) is 39.0 Å². The predicted octanol–water partition coefficient (Wildman–Crippen LogP) is 2.67. The van der Waals surface area contributed by atoms with Crippen LogP contribution in [-0.2, 0) is 9.59 Å². The number of aromatic nitrogens is 2. The monoisotopic (exact) mass is 491 g/mol. The first-order chi connectivity index (χ1) is 13.4. The van der Waals surface area contributed by atoms with Crippen molar-refractivity contribution in [3.8, 4) is 0 Å². The van der Waals surface area contributed by atoms with Crippen molar-refractivity contribution in [3.63, 3.8) is 0 Å². The summed E-state index contributed by atoms with van der Waals surface area (Å²) in [4.78, 5) is 36.5. The van der Waals surface area contributed by atoms with Crippen LogP contribution >= 0.6 is 22.6 Å². The van der Waals surface area contributed by atoms with E-state index in [1.807, 2.05) is 31.1 Å². The summed E-state index contributed by atoms with van der Waals surface area (Å²) in [5, 5.41) is 5.17. The van der Waals surface area contributed by atoms with Crippen LogP contribution in [0.3, 0.4) is 0 Å². The lowest BCUT2D eigenvalue weighted by Crippen LogP contribution is -2.34. The van der Waals surface area contributed by atoms with Gasteiger partial charge in [-0.1, -0.05) is 0 Å². The number of carbonyl (C=O) groups is 2. The zero-order valence-corrected chi connectivity index (χ0v) is 18.0. The molecule has 3 heterocycles. The standard InChI is InChI=1S/C20H22IN5O2/c1-25(2)5-6-26-11-12(7-18(26)27)20(28)24-16-9-13(21)8-15-14-3-4-22-10-17(14)23-19(15)16/h3-4,8-10,12,23H,5-7,11H2,1-2H3,(H,24,28). The summed E-state index contributed by atoms with van der Waals surface area (Å²) >= 11 is 2.25. The second-order valence-electron chi connectivity index (χ2n) is 7.46. The average Bonchev–Trinajstić information content (AvgIpc) is 3.21. The highest BCUT2D eigenvalue weighted by Gasteiger charge is 2.34. The van der Waals surface area contributed by atoms with Gasteiger partial charge in [-0.2, -0.15) is 0 Å². The number of nitrogens with one attached hydrogen (secondary N) is 2. The fourth-order valence-corrected chi connectivity index (χ4v) is 4.26. The number of anilines is 1. The predicted molar refractivity (Wildman–Crippen MR) is 118 cm³/mol. The van der Waals surface area contributed by atoms with Crippen LogP contribution in [-0.4, -0.2) is 65.3 Å². The van der Waals surface area contributed by atoms with Crippen LogP contribution in [0.25, 0.3) is 21.8 Å². The van der Waals surface area contributed by atoms with Crippen LogP contribution in [0.15, 0.2) is 30.6 Å². The van der Waals surface area contributed by atoms with Gasteiger partial charge in [0.05, 0.1) is 28.8 Å². The third-order valence-corrected chi connectivity index (χ3v) is 5.76. The van der Waals surface area contributed by atoms with E-state index in [1.165, 1.54) is 0 Å². The van der Waals surface area contributed by atoms with E-state index in [1.54, 1.807) is 17.3 Å². The van der Waals surface area contributed by atoms with Crippen molar-refractivity contribution in [2.24, 2.45) is 5.92 Å². The molecule has 0 bridgehead atoms. The average molecular weight is 491 g/mol. The number of H-pyrrole nitrogens is 1. The second kappa shape index (κ2) is 7.67. The summed E-state index contributed by atoms with van der Waals surface area (Å²) in [7, 11) is 3.95. The molecule has 0 spiro atoms. The molecule has 2 N–H and O–H groups in total. The summed E-state index contributed by atoms with van der Waals surface area (Å²) < 4.78 is 1.04. The number of carbonyl (C=O) groups excluding carboxylic acids is 2. The van der Waals surface area contributed by atoms with Gasteiger partial charge in [-0.3, -0.25) is 14.6 Å². The number of likely N-dealkylation sites (N-methyl/N-ethyl adjacent to an activating group) is 1. The van der Waals surface area contributed by atoms with Gasteiger partial charge in [-0.15, -0.1) is 0 Å². The Hall–Kier alpha value is -2.20. The van der Waals surface area contributed by atoms with E-state index in [9.17, 15) is 9.59 Å². The van der Waals surface area contributed by atoms with Crippen LogP contribution in [0.2, 0.25) is 0 Å². The highest BCUT2D eigenvalue weighted by atomic mass is 127. The zero-order chi connectivity index (χ0) is 19.8. The molecule has 1 atom stereocenters. The number of rotatable bonds is 5. The third kappa shape index (κ3) is 3.70. The minimum atomic E-state index is -0.325. The molecule has 4 rings (SSSR count). The Bertz CT molecular complexity index is 1060. The SMILES string of the molecule is CN(C)CCN1CC(C(=O)Nc2cc(I)cc3c2[nH]c2cnccc23)CC1=O. The highest BCUT2D eigenvalue weighted by Crippen LogP contribution is 2.32. The first kappa shape index (κ1) is 19.1. The molecule has 1 unspecified atom stereocenters. The van der Waals surface area contributed by atoms with Crippen LogP contribution < -0.4 is 5.32 Å². The fraction of sp³-hybridized carbons (Fsp3) is 0.350. The van der Waals surface area contributed by atoms with E-state index in [0.717, 1.165) is 37.6 Å². The Balaban J connectivity index is 1.57. The van der Waals surface area contributed by atoms with Crippen LogP contribution in [0.5, 0.6) is 0 Å². The summed E-state index contributed by atoms with van der Waals surface area (Å²) in [5.41, 5.74) is 2.55. The molecule has 1 fully saturated rings. The molecule has 2 aromatic heterocycles. The van der Waals surface area contributed by atoms with E-state index >= 15 is 0 Å². The second-order valence-corrected chi connectivity index (χ2v) is 8.70. The number of aromatic amines is 1. The number of likely N-dealkylation sites (tertiary alicyclic amines) is 1. The Labute approximate surface area is 176 Å². The molecule has 2 amide bonds. The molecule has 28 heavy (non-hydrogen) atoms. The maximum atomic E-state index is 12.9. The number of nitrogens with zero attached hydrogens (tertiary/aromatic N) is 3. The molecule has 3 aromatic rings. The van der Waals surface area contributed by atoms with Crippen molar-refractivity contribution < 1.29 is 9.59 Å². The van der Waals surface area contributed by atoms with Crippen molar-refractivity contribution in [1.82, 2.24) is 19.8 Å². The molecule has 8 heteroatoms. The molecule has 1 aliphatic rings. The lowest BCUT2D eigenvalue weighted by Gasteiger charge is -2.19. The van der Waals surface area contributed by atoms with Gasteiger partial charge in [-0.05, 0) is 54.9 Å². The number of pyridine rings is 1. The molecule has 0 saturated carbocycles. The lowest BCUT2D eigenvalue weighted by molar-refractivity contribution is -0.128. The van der Waals surface area contributed by atoms with E-state index in [-0.39, 0.29) is 24.2 Å². The largest absolute Gasteiger partial charge is 0.352 e. The molecular weight excluding hydrogens is 469 g/mol. The number of benzene rings is 1. The molecule has 1 saturated heterocycles. The lowest BCUT2D eigenvalue weighted by atomic mass is 10.1. The summed E-state index contributed by atoms with van der Waals surface area (Å²) in [6.45, 7) is 1.92. The van der Waals surface area contributed by atoms with Gasteiger partial charge >= 0.3 is 0 Å². The molecule has 0 aliphatic carbocycles. The van der Waals surface area contributed by atoms with E-state index < -0.39 is 0 Å². The first-order valence-corrected chi connectivity index (χ1v) is 10.3. The van der Waals surface area contributed by atoms with Gasteiger partial charge in [0.25, 0.3) is 0 Å². The van der Waals surface area contributed by atoms with E-state index in [4.69, 9.17) is 0 Å². The topological polar surface area (TPSA) is 81.3 Å². The van der Waals surface area contributed by atoms with Gasteiger partial charge < -0.3 is 20.1 Å². The Morgan fingerprint density at radius 3 is 3.00 bits per heavy atom. The highest BCUT2D eigenvalue weighted by molar-refractivity contribution is 14.1. The maximum absolute atomic E-state index is 12.9. The van der Waals surface area contributed by atoms with E-state index in [0.29, 0.717) is 13.1 Å². The summed E-state index contributed by atoms with van der Waals surface area (Å²) in [6.07, 6.45) is 3.81. The quantitative estimate of drug-likeness (QED) is 0.538. The number of hydrogen-bond acceptors (Lipinski definition) is 4. The number of fused-ring (bicyclic) bond motifs is 3. The van der Waals surface area contributed by atoms with Gasteiger partial charge in [0.2, 0.25) is 11.8 Å². The first-order valence-electron chi connectivity index (χ1n) is 9.20. The molecule has 1 aliphatic heterocycles. The Morgan fingerprint density at radius 1 is 1.39 bits per heavy atom. The van der Waals surface area contributed by atoms with Gasteiger partial charge in [0, 0.05) is 46.6 Å².